The molecule has 2 aliphatic rings. The molecule has 4 rings (SSSR count). The third-order valence-electron chi connectivity index (χ3n) is 7.19. The number of hydrogen-bond donors (Lipinski definition) is 3. The van der Waals surface area contributed by atoms with Crippen LogP contribution in [0.5, 0.6) is 0 Å². The number of anilines is 3. The van der Waals surface area contributed by atoms with Crippen molar-refractivity contribution >= 4 is 33.2 Å². The van der Waals surface area contributed by atoms with Gasteiger partial charge in [-0.1, -0.05) is 20.8 Å². The molecule has 2 aromatic rings. The molecule has 1 saturated heterocycles. The fraction of sp³-hybridized carbons (Fsp3) is 0.607. The molecule has 38 heavy (non-hydrogen) atoms. The van der Waals surface area contributed by atoms with E-state index in [0.29, 0.717) is 28.2 Å². The molecule has 3 heterocycles. The van der Waals surface area contributed by atoms with Gasteiger partial charge in [0, 0.05) is 13.1 Å². The number of carbonyl (C=O) groups is 1. The molecule has 9 nitrogen and oxygen atoms in total. The maximum atomic E-state index is 13.5. The highest BCUT2D eigenvalue weighted by molar-refractivity contribution is 7.91. The van der Waals surface area contributed by atoms with Gasteiger partial charge in [0.05, 0.1) is 23.5 Å². The van der Waals surface area contributed by atoms with Crippen LogP contribution in [-0.2, 0) is 9.84 Å². The van der Waals surface area contributed by atoms with Crippen LogP contribution in [0.3, 0.4) is 0 Å². The van der Waals surface area contributed by atoms with Crippen molar-refractivity contribution in [3.63, 3.8) is 0 Å². The van der Waals surface area contributed by atoms with Gasteiger partial charge in [0.1, 0.15) is 17.5 Å². The number of nitrogens with zero attached hydrogens (tertiary/aromatic N) is 3. The average Bonchev–Trinajstić information content (AvgIpc) is 3.56. The highest BCUT2D eigenvalue weighted by Crippen LogP contribution is 2.54. The number of aromatic nitrogens is 2. The van der Waals surface area contributed by atoms with Crippen LogP contribution in [0.15, 0.2) is 29.3 Å². The molecule has 0 unspecified atom stereocenters. The van der Waals surface area contributed by atoms with Gasteiger partial charge in [-0.3, -0.25) is 4.79 Å². The molecular formula is C28H41N5O4S. The third-order valence-corrected chi connectivity index (χ3v) is 9.28. The number of nitrogens with one attached hydrogen (secondary N) is 2. The standard InChI is InChI=1S/C28H41N5O4S/c1-19-15-22(29-23(16-19)38(36,37)18-26(2,3)4)31-25(35)20-7-8-21(32-27(5,6)17-34)30-24(20)33-13-11-28(9-10-28)12-14-33/h7-8,15-16,34H,9-14,17-18H2,1-6H3,(H,30,32)(H,29,31,35). The SMILES string of the molecule is Cc1cc(NC(=O)c2ccc(NC(C)(C)CO)nc2N2CCC3(CC2)CC3)nc(S(=O)(=O)CC(C)(C)C)c1. The fourth-order valence-corrected chi connectivity index (χ4v) is 6.77. The van der Waals surface area contributed by atoms with E-state index in [1.807, 2.05) is 34.6 Å². The van der Waals surface area contributed by atoms with Crippen molar-refractivity contribution in [2.24, 2.45) is 10.8 Å². The second-order valence-corrected chi connectivity index (χ2v) is 14.8. The van der Waals surface area contributed by atoms with Gasteiger partial charge in [-0.2, -0.15) is 0 Å². The smallest absolute Gasteiger partial charge is 0.260 e. The number of rotatable bonds is 8. The number of sulfone groups is 1. The minimum Gasteiger partial charge on any atom is -0.394 e. The molecule has 3 N–H and O–H groups in total. The lowest BCUT2D eigenvalue weighted by atomic mass is 9.93. The summed E-state index contributed by atoms with van der Waals surface area (Å²) in [6.45, 7) is 12.7. The van der Waals surface area contributed by atoms with Crippen molar-refractivity contribution in [2.75, 3.05) is 41.0 Å². The number of aryl methyl sites for hydroxylation is 1. The maximum Gasteiger partial charge on any atom is 0.260 e. The van der Waals surface area contributed by atoms with Gasteiger partial charge in [-0.15, -0.1) is 0 Å². The molecular weight excluding hydrogens is 502 g/mol. The van der Waals surface area contributed by atoms with Crippen molar-refractivity contribution < 1.29 is 18.3 Å². The van der Waals surface area contributed by atoms with Gasteiger partial charge in [0.25, 0.3) is 5.91 Å². The van der Waals surface area contributed by atoms with Crippen LogP contribution in [0.25, 0.3) is 0 Å². The maximum absolute atomic E-state index is 13.5. The largest absolute Gasteiger partial charge is 0.394 e. The van der Waals surface area contributed by atoms with Crippen LogP contribution < -0.4 is 15.5 Å². The van der Waals surface area contributed by atoms with Gasteiger partial charge in [-0.25, -0.2) is 18.4 Å². The molecule has 2 fully saturated rings. The lowest BCUT2D eigenvalue weighted by molar-refractivity contribution is 0.102. The average molecular weight is 544 g/mol. The first-order valence-corrected chi connectivity index (χ1v) is 14.9. The normalized spacial score (nSPS) is 17.4. The zero-order chi connectivity index (χ0) is 27.9. The van der Waals surface area contributed by atoms with E-state index in [1.54, 1.807) is 25.1 Å². The van der Waals surface area contributed by atoms with E-state index < -0.39 is 26.7 Å². The molecule has 1 amide bonds. The Balaban J connectivity index is 1.63. The van der Waals surface area contributed by atoms with E-state index in [4.69, 9.17) is 4.98 Å². The summed E-state index contributed by atoms with van der Waals surface area (Å²) in [5.74, 6) is 0.890. The summed E-state index contributed by atoms with van der Waals surface area (Å²) in [4.78, 5) is 24.8. The first-order valence-electron chi connectivity index (χ1n) is 13.3. The van der Waals surface area contributed by atoms with Crippen LogP contribution in [-0.4, -0.2) is 60.4 Å². The highest BCUT2D eigenvalue weighted by atomic mass is 32.2. The molecule has 0 radical (unpaired) electrons. The number of pyridine rings is 2. The van der Waals surface area contributed by atoms with E-state index in [2.05, 4.69) is 20.5 Å². The molecule has 1 saturated carbocycles. The highest BCUT2D eigenvalue weighted by Gasteiger charge is 2.45. The molecule has 0 aromatic carbocycles. The van der Waals surface area contributed by atoms with Crippen molar-refractivity contribution in [1.29, 1.82) is 0 Å². The summed E-state index contributed by atoms with van der Waals surface area (Å²) < 4.78 is 26.0. The van der Waals surface area contributed by atoms with Crippen LogP contribution in [0.2, 0.25) is 0 Å². The molecule has 2 aromatic heterocycles. The Morgan fingerprint density at radius 2 is 1.68 bits per heavy atom. The number of carbonyl (C=O) groups excluding carboxylic acids is 1. The lowest BCUT2D eigenvalue weighted by Gasteiger charge is -2.34. The zero-order valence-electron chi connectivity index (χ0n) is 23.4. The van der Waals surface area contributed by atoms with E-state index in [1.165, 1.54) is 18.9 Å². The van der Waals surface area contributed by atoms with Gasteiger partial charge in [-0.05, 0) is 87.1 Å². The van der Waals surface area contributed by atoms with E-state index in [-0.39, 0.29) is 23.2 Å². The Bertz CT molecular complexity index is 1300. The van der Waals surface area contributed by atoms with Crippen molar-refractivity contribution in [3.05, 3.63) is 35.4 Å². The predicted molar refractivity (Wildman–Crippen MR) is 151 cm³/mol. The second-order valence-electron chi connectivity index (χ2n) is 12.9. The minimum absolute atomic E-state index is 0.0439. The minimum atomic E-state index is -3.63. The van der Waals surface area contributed by atoms with Crippen LogP contribution in [0.4, 0.5) is 17.5 Å². The molecule has 10 heteroatoms. The Kier molecular flexibility index (Phi) is 7.53. The quantitative estimate of drug-likeness (QED) is 0.447. The molecule has 208 valence electrons. The zero-order valence-corrected chi connectivity index (χ0v) is 24.2. The lowest BCUT2D eigenvalue weighted by Crippen LogP contribution is -2.38. The summed E-state index contributed by atoms with van der Waals surface area (Å²) in [7, 11) is -3.63. The van der Waals surface area contributed by atoms with Crippen LogP contribution >= 0.6 is 0 Å². The molecule has 1 aliphatic carbocycles. The number of piperidine rings is 1. The summed E-state index contributed by atoms with van der Waals surface area (Å²) in [5, 5.41) is 15.7. The summed E-state index contributed by atoms with van der Waals surface area (Å²) >= 11 is 0. The molecule has 1 aliphatic heterocycles. The fourth-order valence-electron chi connectivity index (χ4n) is 4.88. The van der Waals surface area contributed by atoms with E-state index in [0.717, 1.165) is 25.9 Å². The van der Waals surface area contributed by atoms with Crippen LogP contribution in [0, 0.1) is 17.8 Å². The van der Waals surface area contributed by atoms with Gasteiger partial charge >= 0.3 is 0 Å². The first kappa shape index (κ1) is 28.3. The first-order chi connectivity index (χ1) is 17.6. The second kappa shape index (κ2) is 10.1. The number of hydrogen-bond acceptors (Lipinski definition) is 8. The van der Waals surface area contributed by atoms with Gasteiger partial charge < -0.3 is 20.6 Å². The summed E-state index contributed by atoms with van der Waals surface area (Å²) in [6.07, 6.45) is 4.69. The Labute approximate surface area is 226 Å². The van der Waals surface area contributed by atoms with Crippen molar-refractivity contribution in [2.45, 2.75) is 77.8 Å². The monoisotopic (exact) mass is 543 g/mol. The topological polar surface area (TPSA) is 125 Å². The van der Waals surface area contributed by atoms with E-state index >= 15 is 0 Å². The number of amides is 1. The van der Waals surface area contributed by atoms with Gasteiger partial charge in [0.2, 0.25) is 0 Å². The Morgan fingerprint density at radius 3 is 2.26 bits per heavy atom. The predicted octanol–water partition coefficient (Wildman–Crippen LogP) is 4.42. The Hall–Kier alpha value is -2.72. The Morgan fingerprint density at radius 1 is 1.03 bits per heavy atom. The third kappa shape index (κ3) is 6.83. The number of aliphatic hydroxyl groups is 1. The summed E-state index contributed by atoms with van der Waals surface area (Å²) in [6, 6.07) is 6.65. The van der Waals surface area contributed by atoms with E-state index in [9.17, 15) is 18.3 Å². The molecule has 1 spiro atoms. The molecule has 0 bridgehead atoms. The molecule has 0 atom stereocenters. The summed E-state index contributed by atoms with van der Waals surface area (Å²) in [5.41, 5.74) is 0.550. The van der Waals surface area contributed by atoms with Gasteiger partial charge in [0.15, 0.2) is 14.9 Å². The van der Waals surface area contributed by atoms with Crippen molar-refractivity contribution in [1.82, 2.24) is 9.97 Å². The van der Waals surface area contributed by atoms with Crippen molar-refractivity contribution in [3.8, 4) is 0 Å². The van der Waals surface area contributed by atoms with Crippen LogP contribution in [0.1, 0.15) is 76.2 Å². The number of aliphatic hydroxyl groups excluding tert-OH is 1.